The molecule has 0 aliphatic carbocycles. The predicted octanol–water partition coefficient (Wildman–Crippen LogP) is 4.70. The van der Waals surface area contributed by atoms with E-state index in [-0.39, 0.29) is 0 Å². The third kappa shape index (κ3) is 3.65. The Labute approximate surface area is 181 Å². The molecule has 3 aromatic carbocycles. The van der Waals surface area contributed by atoms with Gasteiger partial charge in [-0.3, -0.25) is 0 Å². The van der Waals surface area contributed by atoms with Crippen molar-refractivity contribution in [3.05, 3.63) is 78.9 Å². The van der Waals surface area contributed by atoms with Gasteiger partial charge in [-0.2, -0.15) is 0 Å². The molecule has 0 radical (unpaired) electrons. The molecule has 0 saturated carbocycles. The Morgan fingerprint density at radius 2 is 1.59 bits per heavy atom. The van der Waals surface area contributed by atoms with Gasteiger partial charge in [-0.1, -0.05) is 82.7 Å². The van der Waals surface area contributed by atoms with Gasteiger partial charge in [-0.15, -0.1) is 0 Å². The second-order valence-electron chi connectivity index (χ2n) is 7.25. The number of hydrogen-bond donors (Lipinski definition) is 0. The zero-order valence-corrected chi connectivity index (χ0v) is 19.0. The van der Waals surface area contributed by atoms with Crippen molar-refractivity contribution in [2.45, 2.75) is 18.9 Å². The Hall–Kier alpha value is -2.03. The van der Waals surface area contributed by atoms with Crippen LogP contribution in [0.5, 0.6) is 5.75 Å². The van der Waals surface area contributed by atoms with E-state index in [4.69, 9.17) is 4.74 Å². The van der Waals surface area contributed by atoms with Gasteiger partial charge in [-0.05, 0) is 25.0 Å². The van der Waals surface area contributed by atoms with Crippen LogP contribution in [0.25, 0.3) is 0 Å². The van der Waals surface area contributed by atoms with Gasteiger partial charge in [0.05, 0.1) is 12.8 Å². The normalized spacial score (nSPS) is 16.8. The number of halogens is 1. The smallest absolute Gasteiger partial charge is 0.173 e. The summed E-state index contributed by atoms with van der Waals surface area (Å²) in [6.07, 6.45) is 2.23. The molecule has 1 atom stereocenters. The maximum atomic E-state index is 15.0. The maximum absolute atomic E-state index is 15.0. The van der Waals surface area contributed by atoms with Gasteiger partial charge in [0.2, 0.25) is 0 Å². The number of anilines is 1. The van der Waals surface area contributed by atoms with Crippen LogP contribution in [0.3, 0.4) is 0 Å². The summed E-state index contributed by atoms with van der Waals surface area (Å²) in [6, 6.07) is 26.0. The molecule has 5 heteroatoms. The van der Waals surface area contributed by atoms with Crippen molar-refractivity contribution >= 4 is 44.7 Å². The first-order valence-electron chi connectivity index (χ1n) is 9.91. The van der Waals surface area contributed by atoms with Crippen molar-refractivity contribution in [3.63, 3.8) is 0 Å². The summed E-state index contributed by atoms with van der Waals surface area (Å²) in [7, 11) is -1.39. The summed E-state index contributed by atoms with van der Waals surface area (Å²) in [6.45, 7) is 0.938. The summed E-state index contributed by atoms with van der Waals surface area (Å²) in [4.78, 5) is 2.38. The fourth-order valence-electron chi connectivity index (χ4n) is 4.21. The van der Waals surface area contributed by atoms with Crippen molar-refractivity contribution in [3.8, 4) is 5.75 Å². The molecule has 0 spiro atoms. The van der Waals surface area contributed by atoms with Gasteiger partial charge in [0.25, 0.3) is 0 Å². The van der Waals surface area contributed by atoms with Crippen LogP contribution in [0.4, 0.5) is 5.69 Å². The quantitative estimate of drug-likeness (QED) is 0.387. The lowest BCUT2D eigenvalue weighted by Gasteiger charge is -2.32. The number of benzene rings is 3. The second kappa shape index (κ2) is 8.77. The van der Waals surface area contributed by atoms with E-state index >= 15 is 0 Å². The fraction of sp³-hybridized carbons (Fsp3) is 0.250. The van der Waals surface area contributed by atoms with Gasteiger partial charge in [0, 0.05) is 33.8 Å². The molecular weight excluding hydrogens is 445 g/mol. The largest absolute Gasteiger partial charge is 0.495 e. The van der Waals surface area contributed by atoms with E-state index in [1.54, 1.807) is 7.11 Å². The van der Waals surface area contributed by atoms with Crippen LogP contribution in [-0.4, -0.2) is 25.0 Å². The van der Waals surface area contributed by atoms with Gasteiger partial charge in [-0.25, -0.2) is 0 Å². The van der Waals surface area contributed by atoms with Gasteiger partial charge < -0.3 is 14.2 Å². The number of methoxy groups -OCH3 is 1. The fourth-order valence-corrected chi connectivity index (χ4v) is 7.76. The van der Waals surface area contributed by atoms with E-state index in [0.717, 1.165) is 52.1 Å². The first-order valence-corrected chi connectivity index (χ1v) is 12.7. The Balaban J connectivity index is 2.01. The third-order valence-electron chi connectivity index (χ3n) is 5.62. The van der Waals surface area contributed by atoms with E-state index in [0.29, 0.717) is 6.04 Å². The molecule has 1 saturated heterocycles. The van der Waals surface area contributed by atoms with E-state index in [2.05, 4.69) is 20.8 Å². The van der Waals surface area contributed by atoms with Crippen LogP contribution < -0.4 is 25.6 Å². The number of hydrogen-bond acceptors (Lipinski definition) is 3. The van der Waals surface area contributed by atoms with Crippen molar-refractivity contribution < 1.29 is 9.30 Å². The molecule has 1 heterocycles. The topological polar surface area (TPSA) is 29.5 Å². The van der Waals surface area contributed by atoms with Crippen LogP contribution in [-0.2, 0) is 4.57 Å². The van der Waals surface area contributed by atoms with Crippen LogP contribution in [0, 0.1) is 0 Å². The average molecular weight is 470 g/mol. The Bertz CT molecular complexity index is 966. The summed E-state index contributed by atoms with van der Waals surface area (Å²) < 4.78 is 20.7. The molecule has 1 fully saturated rings. The number of alkyl halides is 1. The van der Waals surface area contributed by atoms with Crippen LogP contribution in [0.15, 0.2) is 78.9 Å². The van der Waals surface area contributed by atoms with E-state index in [1.165, 1.54) is 0 Å². The minimum Gasteiger partial charge on any atom is -0.495 e. The van der Waals surface area contributed by atoms with E-state index < -0.39 is 7.14 Å². The predicted molar refractivity (Wildman–Crippen MR) is 127 cm³/mol. The lowest BCUT2D eigenvalue weighted by atomic mass is 10.2. The summed E-state index contributed by atoms with van der Waals surface area (Å²) in [5.41, 5.74) is 0.966. The standard InChI is InChI=1S/C24H25BrNO2P/c1-28-22-15-8-16-23(24(22)26-17-9-10-19(26)18-25)29(27,20-11-4-2-5-12-20)21-13-6-3-7-14-21/h2-8,11-16,19H,9-10,17-18H2,1H3/t19-/m0/s1. The lowest BCUT2D eigenvalue weighted by molar-refractivity contribution is 0.414. The highest BCUT2D eigenvalue weighted by molar-refractivity contribution is 9.09. The number of rotatable bonds is 6. The Morgan fingerprint density at radius 3 is 2.14 bits per heavy atom. The summed E-state index contributed by atoms with van der Waals surface area (Å²) in [5.74, 6) is 0.780. The molecule has 3 nitrogen and oxygen atoms in total. The van der Waals surface area contributed by atoms with Crippen molar-refractivity contribution in [2.75, 3.05) is 23.9 Å². The first-order chi connectivity index (χ1) is 14.2. The van der Waals surface area contributed by atoms with Crippen molar-refractivity contribution in [2.24, 2.45) is 0 Å². The summed E-state index contributed by atoms with van der Waals surface area (Å²) >= 11 is 3.67. The zero-order valence-electron chi connectivity index (χ0n) is 16.5. The summed E-state index contributed by atoms with van der Waals surface area (Å²) in [5, 5.41) is 3.42. The minimum atomic E-state index is -3.08. The van der Waals surface area contributed by atoms with Crippen LogP contribution in [0.1, 0.15) is 12.8 Å². The molecule has 4 rings (SSSR count). The lowest BCUT2D eigenvalue weighted by Crippen LogP contribution is -2.36. The molecule has 0 N–H and O–H groups in total. The highest BCUT2D eigenvalue weighted by Crippen LogP contribution is 2.48. The highest BCUT2D eigenvalue weighted by atomic mass is 79.9. The number of nitrogens with zero attached hydrogens (tertiary/aromatic N) is 1. The monoisotopic (exact) mass is 469 g/mol. The van der Waals surface area contributed by atoms with Crippen LogP contribution >= 0.6 is 23.1 Å². The SMILES string of the molecule is COc1cccc(P(=O)(c2ccccc2)c2ccccc2)c1N1CCC[C@H]1CBr. The van der Waals surface area contributed by atoms with Gasteiger partial charge >= 0.3 is 0 Å². The molecule has 0 unspecified atom stereocenters. The van der Waals surface area contributed by atoms with Gasteiger partial charge in [0.15, 0.2) is 7.14 Å². The first kappa shape index (κ1) is 20.3. The third-order valence-corrected chi connectivity index (χ3v) is 9.46. The van der Waals surface area contributed by atoms with Crippen molar-refractivity contribution in [1.29, 1.82) is 0 Å². The molecular formula is C24H25BrNO2P. The van der Waals surface area contributed by atoms with Crippen molar-refractivity contribution in [1.82, 2.24) is 0 Å². The number of ether oxygens (including phenoxy) is 1. The molecule has 0 bridgehead atoms. The number of para-hydroxylation sites is 1. The Kier molecular flexibility index (Phi) is 6.12. The molecule has 29 heavy (non-hydrogen) atoms. The molecule has 0 aromatic heterocycles. The second-order valence-corrected chi connectivity index (χ2v) is 10.6. The zero-order chi connectivity index (χ0) is 20.3. The molecule has 0 amide bonds. The van der Waals surface area contributed by atoms with E-state index in [1.807, 2.05) is 78.9 Å². The maximum Gasteiger partial charge on any atom is 0.173 e. The van der Waals surface area contributed by atoms with Crippen LogP contribution in [0.2, 0.25) is 0 Å². The van der Waals surface area contributed by atoms with E-state index in [9.17, 15) is 4.57 Å². The Morgan fingerprint density at radius 1 is 0.966 bits per heavy atom. The average Bonchev–Trinajstić information content (AvgIpc) is 3.27. The highest BCUT2D eigenvalue weighted by Gasteiger charge is 2.37. The van der Waals surface area contributed by atoms with Gasteiger partial charge in [0.1, 0.15) is 5.75 Å². The molecule has 150 valence electrons. The molecule has 3 aromatic rings. The molecule has 1 aliphatic rings. The molecule has 1 aliphatic heterocycles. The minimum absolute atomic E-state index is 0.366.